The first kappa shape index (κ1) is 11.4. The molecule has 84 valence electrons. The fourth-order valence-corrected chi connectivity index (χ4v) is 2.18. The third-order valence-electron chi connectivity index (χ3n) is 2.13. The minimum absolute atomic E-state index is 0.0117. The standard InChI is InChI=1S/C9H3F3INO2/c10-9(11,12)5-1-3-4(2-6(5)13)8(16)14-7(3)15/h1-2H,(H,14,15,16). The average molecular weight is 341 g/mol. The van der Waals surface area contributed by atoms with Gasteiger partial charge in [0.1, 0.15) is 0 Å². The second kappa shape index (κ2) is 3.44. The Morgan fingerprint density at radius 3 is 2.06 bits per heavy atom. The molecule has 0 unspecified atom stereocenters. The Morgan fingerprint density at radius 2 is 1.56 bits per heavy atom. The van der Waals surface area contributed by atoms with Gasteiger partial charge in [-0.3, -0.25) is 14.9 Å². The van der Waals surface area contributed by atoms with Gasteiger partial charge in [-0.25, -0.2) is 0 Å². The molecule has 2 amide bonds. The SMILES string of the molecule is O=C1NC(=O)c2cc(C(F)(F)F)c(I)cc21. The molecule has 0 fully saturated rings. The highest BCUT2D eigenvalue weighted by molar-refractivity contribution is 14.1. The first-order chi connectivity index (χ1) is 7.30. The van der Waals surface area contributed by atoms with Gasteiger partial charge in [-0.2, -0.15) is 13.2 Å². The third-order valence-corrected chi connectivity index (χ3v) is 3.02. The molecule has 0 radical (unpaired) electrons. The summed E-state index contributed by atoms with van der Waals surface area (Å²) < 4.78 is 37.5. The molecule has 16 heavy (non-hydrogen) atoms. The van der Waals surface area contributed by atoms with Crippen molar-refractivity contribution in [2.45, 2.75) is 6.18 Å². The molecular weight excluding hydrogens is 338 g/mol. The van der Waals surface area contributed by atoms with Crippen molar-refractivity contribution in [2.24, 2.45) is 0 Å². The molecule has 1 aliphatic heterocycles. The molecule has 0 saturated heterocycles. The minimum Gasteiger partial charge on any atom is -0.288 e. The lowest BCUT2D eigenvalue weighted by Crippen LogP contribution is -2.19. The smallest absolute Gasteiger partial charge is 0.288 e. The number of alkyl halides is 3. The molecule has 7 heteroatoms. The zero-order valence-electron chi connectivity index (χ0n) is 7.48. The first-order valence-electron chi connectivity index (χ1n) is 4.07. The number of nitrogens with one attached hydrogen (secondary N) is 1. The number of hydrogen-bond donors (Lipinski definition) is 1. The van der Waals surface area contributed by atoms with Gasteiger partial charge in [-0.05, 0) is 34.7 Å². The van der Waals surface area contributed by atoms with Gasteiger partial charge in [0, 0.05) is 3.57 Å². The minimum atomic E-state index is -4.53. The van der Waals surface area contributed by atoms with Crippen molar-refractivity contribution in [3.63, 3.8) is 0 Å². The van der Waals surface area contributed by atoms with Crippen molar-refractivity contribution < 1.29 is 22.8 Å². The Balaban J connectivity index is 2.67. The number of rotatable bonds is 0. The van der Waals surface area contributed by atoms with Gasteiger partial charge >= 0.3 is 6.18 Å². The quantitative estimate of drug-likeness (QED) is 0.581. The molecule has 1 N–H and O–H groups in total. The van der Waals surface area contributed by atoms with Crippen LogP contribution in [0.1, 0.15) is 26.3 Å². The second-order valence-corrected chi connectivity index (χ2v) is 4.32. The van der Waals surface area contributed by atoms with Crippen LogP contribution in [0.15, 0.2) is 12.1 Å². The van der Waals surface area contributed by atoms with E-state index < -0.39 is 23.6 Å². The van der Waals surface area contributed by atoms with E-state index in [1.165, 1.54) is 22.6 Å². The molecular formula is C9H3F3INO2. The van der Waals surface area contributed by atoms with E-state index in [1.807, 2.05) is 5.32 Å². The Hall–Kier alpha value is -1.12. The van der Waals surface area contributed by atoms with E-state index in [-0.39, 0.29) is 14.7 Å². The van der Waals surface area contributed by atoms with Crippen LogP contribution in [0.3, 0.4) is 0 Å². The summed E-state index contributed by atoms with van der Waals surface area (Å²) in [6, 6.07) is 1.77. The molecule has 3 nitrogen and oxygen atoms in total. The summed E-state index contributed by atoms with van der Waals surface area (Å²) in [6.45, 7) is 0. The van der Waals surface area contributed by atoms with Crippen molar-refractivity contribution in [1.82, 2.24) is 5.32 Å². The second-order valence-electron chi connectivity index (χ2n) is 3.16. The molecule has 0 aromatic heterocycles. The number of carbonyl (C=O) groups excluding carboxylic acids is 2. The number of hydrogen-bond acceptors (Lipinski definition) is 2. The zero-order chi connectivity index (χ0) is 12.1. The molecule has 1 aliphatic rings. The van der Waals surface area contributed by atoms with Gasteiger partial charge in [0.25, 0.3) is 11.8 Å². The van der Waals surface area contributed by atoms with Crippen LogP contribution in [0, 0.1) is 3.57 Å². The predicted octanol–water partition coefficient (Wildman–Crippen LogP) is 2.19. The van der Waals surface area contributed by atoms with E-state index in [0.717, 1.165) is 6.07 Å². The van der Waals surface area contributed by atoms with Crippen LogP contribution in [-0.4, -0.2) is 11.8 Å². The molecule has 1 aromatic carbocycles. The highest BCUT2D eigenvalue weighted by atomic mass is 127. The van der Waals surface area contributed by atoms with E-state index >= 15 is 0 Å². The van der Waals surface area contributed by atoms with Crippen LogP contribution in [0.4, 0.5) is 13.2 Å². The molecule has 0 bridgehead atoms. The molecule has 1 aromatic rings. The van der Waals surface area contributed by atoms with Crippen molar-refractivity contribution >= 4 is 34.4 Å². The Kier molecular flexibility index (Phi) is 2.44. The van der Waals surface area contributed by atoms with Crippen LogP contribution >= 0.6 is 22.6 Å². The third kappa shape index (κ3) is 1.68. The van der Waals surface area contributed by atoms with E-state index in [9.17, 15) is 22.8 Å². The van der Waals surface area contributed by atoms with Gasteiger partial charge in [-0.15, -0.1) is 0 Å². The van der Waals surface area contributed by atoms with Gasteiger partial charge < -0.3 is 0 Å². The van der Waals surface area contributed by atoms with Crippen LogP contribution < -0.4 is 5.32 Å². The summed E-state index contributed by atoms with van der Waals surface area (Å²) in [7, 11) is 0. The van der Waals surface area contributed by atoms with E-state index in [2.05, 4.69) is 0 Å². The summed E-state index contributed by atoms with van der Waals surface area (Å²) >= 11 is 1.48. The number of imide groups is 1. The lowest BCUT2D eigenvalue weighted by atomic mass is 10.1. The number of halogens is 4. The van der Waals surface area contributed by atoms with E-state index in [0.29, 0.717) is 6.07 Å². The highest BCUT2D eigenvalue weighted by Crippen LogP contribution is 2.35. The number of fused-ring (bicyclic) bond motifs is 1. The maximum Gasteiger partial charge on any atom is 0.417 e. The van der Waals surface area contributed by atoms with Crippen molar-refractivity contribution in [3.05, 3.63) is 32.4 Å². The normalized spacial score (nSPS) is 15.0. The van der Waals surface area contributed by atoms with E-state index in [4.69, 9.17) is 0 Å². The molecule has 0 saturated carbocycles. The lowest BCUT2D eigenvalue weighted by Gasteiger charge is -2.09. The van der Waals surface area contributed by atoms with Crippen molar-refractivity contribution in [1.29, 1.82) is 0 Å². The predicted molar refractivity (Wildman–Crippen MR) is 56.0 cm³/mol. The molecule has 1 heterocycles. The van der Waals surface area contributed by atoms with Crippen LogP contribution in [-0.2, 0) is 6.18 Å². The molecule has 0 aliphatic carbocycles. The number of amides is 2. The fourth-order valence-electron chi connectivity index (χ4n) is 1.40. The van der Waals surface area contributed by atoms with Crippen LogP contribution in [0.2, 0.25) is 0 Å². The molecule has 2 rings (SSSR count). The summed E-state index contributed by atoms with van der Waals surface area (Å²) in [5.74, 6) is -1.45. The van der Waals surface area contributed by atoms with Crippen molar-refractivity contribution in [3.8, 4) is 0 Å². The Bertz CT molecular complexity index is 510. The van der Waals surface area contributed by atoms with Gasteiger partial charge in [0.15, 0.2) is 0 Å². The Morgan fingerprint density at radius 1 is 1.06 bits per heavy atom. The zero-order valence-corrected chi connectivity index (χ0v) is 9.64. The first-order valence-corrected chi connectivity index (χ1v) is 5.15. The Labute approximate surface area is 101 Å². The lowest BCUT2D eigenvalue weighted by molar-refractivity contribution is -0.138. The van der Waals surface area contributed by atoms with E-state index in [1.54, 1.807) is 0 Å². The topological polar surface area (TPSA) is 46.2 Å². The number of carbonyl (C=O) groups is 2. The van der Waals surface area contributed by atoms with Gasteiger partial charge in [0.05, 0.1) is 16.7 Å². The monoisotopic (exact) mass is 341 g/mol. The fraction of sp³-hybridized carbons (Fsp3) is 0.111. The maximum atomic E-state index is 12.5. The van der Waals surface area contributed by atoms with Gasteiger partial charge in [-0.1, -0.05) is 0 Å². The molecule has 0 spiro atoms. The summed E-state index contributed by atoms with van der Waals surface area (Å²) in [5, 5.41) is 1.94. The van der Waals surface area contributed by atoms with Crippen molar-refractivity contribution in [2.75, 3.05) is 0 Å². The summed E-state index contributed by atoms with van der Waals surface area (Å²) in [5.41, 5.74) is -1.14. The van der Waals surface area contributed by atoms with Gasteiger partial charge in [0.2, 0.25) is 0 Å². The summed E-state index contributed by atoms with van der Waals surface area (Å²) in [4.78, 5) is 22.3. The largest absolute Gasteiger partial charge is 0.417 e. The average Bonchev–Trinajstić information content (AvgIpc) is 2.39. The number of benzene rings is 1. The summed E-state index contributed by atoms with van der Waals surface area (Å²) in [6.07, 6.45) is -4.53. The van der Waals surface area contributed by atoms with Crippen LogP contribution in [0.25, 0.3) is 0 Å². The maximum absolute atomic E-state index is 12.5. The molecule has 0 atom stereocenters. The van der Waals surface area contributed by atoms with Crippen LogP contribution in [0.5, 0.6) is 0 Å². The highest BCUT2D eigenvalue weighted by Gasteiger charge is 2.37.